The Bertz CT molecular complexity index is 491. The van der Waals surface area contributed by atoms with Gasteiger partial charge in [-0.25, -0.2) is 4.79 Å². The second-order valence-corrected chi connectivity index (χ2v) is 3.47. The average Bonchev–Trinajstić information content (AvgIpc) is 2.81. The molecule has 0 aliphatic rings. The number of H-pyrrole nitrogens is 1. The summed E-state index contributed by atoms with van der Waals surface area (Å²) in [6.45, 7) is 0. The summed E-state index contributed by atoms with van der Waals surface area (Å²) < 4.78 is 0. The van der Waals surface area contributed by atoms with Crippen LogP contribution >= 0.6 is 0 Å². The highest BCUT2D eigenvalue weighted by atomic mass is 16.4. The molecule has 0 spiro atoms. The Labute approximate surface area is 93.1 Å². The van der Waals surface area contributed by atoms with Crippen molar-refractivity contribution in [2.45, 2.75) is 0 Å². The third kappa shape index (κ3) is 1.91. The molecule has 1 aromatic heterocycles. The minimum atomic E-state index is -0.915. The van der Waals surface area contributed by atoms with Gasteiger partial charge in [0.1, 0.15) is 5.82 Å². The lowest BCUT2D eigenvalue weighted by Gasteiger charge is -2.17. The smallest absolute Gasteiger partial charge is 0.335 e. The zero-order valence-electron chi connectivity index (χ0n) is 8.84. The first-order chi connectivity index (χ1) is 7.68. The van der Waals surface area contributed by atoms with Gasteiger partial charge < -0.3 is 15.0 Å². The van der Waals surface area contributed by atoms with Crippen molar-refractivity contribution < 1.29 is 9.90 Å². The van der Waals surface area contributed by atoms with E-state index in [9.17, 15) is 4.79 Å². The van der Waals surface area contributed by atoms with Crippen molar-refractivity contribution in [3.8, 4) is 0 Å². The fraction of sp³-hybridized carbons (Fsp3) is 0.0833. The normalized spacial score (nSPS) is 10.1. The summed E-state index contributed by atoms with van der Waals surface area (Å²) in [5.41, 5.74) is 1.12. The van der Waals surface area contributed by atoms with Gasteiger partial charge in [0.25, 0.3) is 0 Å². The number of rotatable bonds is 3. The molecular weight excluding hydrogens is 204 g/mol. The summed E-state index contributed by atoms with van der Waals surface area (Å²) in [7, 11) is 1.88. The van der Waals surface area contributed by atoms with Gasteiger partial charge >= 0.3 is 5.97 Å². The van der Waals surface area contributed by atoms with E-state index in [1.807, 2.05) is 36.3 Å². The van der Waals surface area contributed by atoms with Crippen molar-refractivity contribution in [3.05, 3.63) is 48.2 Å². The van der Waals surface area contributed by atoms with Gasteiger partial charge in [-0.15, -0.1) is 0 Å². The van der Waals surface area contributed by atoms with Gasteiger partial charge in [0.15, 0.2) is 0 Å². The van der Waals surface area contributed by atoms with Gasteiger partial charge in [-0.1, -0.05) is 6.07 Å². The van der Waals surface area contributed by atoms with E-state index in [2.05, 4.69) is 4.98 Å². The Morgan fingerprint density at radius 1 is 1.31 bits per heavy atom. The number of aromatic nitrogens is 1. The fourth-order valence-electron chi connectivity index (χ4n) is 1.52. The number of aromatic amines is 1. The third-order valence-corrected chi connectivity index (χ3v) is 2.42. The van der Waals surface area contributed by atoms with Crippen LogP contribution in [0, 0.1) is 0 Å². The van der Waals surface area contributed by atoms with Crippen molar-refractivity contribution in [2.75, 3.05) is 11.9 Å². The molecule has 0 unspecified atom stereocenters. The lowest BCUT2D eigenvalue weighted by molar-refractivity contribution is 0.0697. The standard InChI is InChI=1S/C12H12N2O2/c1-14(11-6-3-7-13-11)10-5-2-4-9(8-10)12(15)16/h2-8,13H,1H3,(H,15,16). The van der Waals surface area contributed by atoms with E-state index < -0.39 is 5.97 Å². The van der Waals surface area contributed by atoms with Gasteiger partial charge in [-0.3, -0.25) is 0 Å². The van der Waals surface area contributed by atoms with Crippen molar-refractivity contribution >= 4 is 17.5 Å². The summed E-state index contributed by atoms with van der Waals surface area (Å²) >= 11 is 0. The molecule has 0 saturated heterocycles. The van der Waals surface area contributed by atoms with Crippen molar-refractivity contribution in [2.24, 2.45) is 0 Å². The summed E-state index contributed by atoms with van der Waals surface area (Å²) in [6, 6.07) is 10.6. The van der Waals surface area contributed by atoms with Crippen LogP contribution in [0.15, 0.2) is 42.6 Å². The van der Waals surface area contributed by atoms with E-state index in [4.69, 9.17) is 5.11 Å². The number of carboxylic acid groups (broad SMARTS) is 1. The lowest BCUT2D eigenvalue weighted by Crippen LogP contribution is -2.10. The maximum absolute atomic E-state index is 10.8. The molecule has 0 saturated carbocycles. The third-order valence-electron chi connectivity index (χ3n) is 2.42. The number of carbonyl (C=O) groups is 1. The quantitative estimate of drug-likeness (QED) is 0.828. The molecule has 2 N–H and O–H groups in total. The van der Waals surface area contributed by atoms with E-state index in [1.165, 1.54) is 0 Å². The van der Waals surface area contributed by atoms with E-state index in [-0.39, 0.29) is 5.56 Å². The number of hydrogen-bond acceptors (Lipinski definition) is 2. The Kier molecular flexibility index (Phi) is 2.64. The van der Waals surface area contributed by atoms with Crippen LogP contribution in [0.2, 0.25) is 0 Å². The minimum Gasteiger partial charge on any atom is -0.478 e. The molecule has 1 aromatic carbocycles. The molecule has 0 amide bonds. The van der Waals surface area contributed by atoms with Gasteiger partial charge in [-0.05, 0) is 30.3 Å². The van der Waals surface area contributed by atoms with Gasteiger partial charge in [-0.2, -0.15) is 0 Å². The van der Waals surface area contributed by atoms with Crippen LogP contribution in [0.3, 0.4) is 0 Å². The molecule has 0 atom stereocenters. The molecular formula is C12H12N2O2. The molecule has 4 nitrogen and oxygen atoms in total. The topological polar surface area (TPSA) is 56.3 Å². The number of carboxylic acids is 1. The molecule has 2 rings (SSSR count). The number of nitrogens with zero attached hydrogens (tertiary/aromatic N) is 1. The monoisotopic (exact) mass is 216 g/mol. The number of aromatic carboxylic acids is 1. The summed E-state index contributed by atoms with van der Waals surface area (Å²) in [5, 5.41) is 8.90. The zero-order valence-corrected chi connectivity index (χ0v) is 8.84. The van der Waals surface area contributed by atoms with Crippen LogP contribution in [0.25, 0.3) is 0 Å². The number of benzene rings is 1. The minimum absolute atomic E-state index is 0.288. The largest absolute Gasteiger partial charge is 0.478 e. The van der Waals surface area contributed by atoms with Crippen molar-refractivity contribution in [1.29, 1.82) is 0 Å². The molecule has 0 aliphatic heterocycles. The van der Waals surface area contributed by atoms with Gasteiger partial charge in [0.05, 0.1) is 5.56 Å². The SMILES string of the molecule is CN(c1cccc(C(=O)O)c1)c1ccc[nH]1. The first-order valence-corrected chi connectivity index (χ1v) is 4.89. The predicted molar refractivity (Wildman–Crippen MR) is 62.3 cm³/mol. The fourth-order valence-corrected chi connectivity index (χ4v) is 1.52. The first-order valence-electron chi connectivity index (χ1n) is 4.89. The molecule has 16 heavy (non-hydrogen) atoms. The number of anilines is 2. The molecule has 82 valence electrons. The Balaban J connectivity index is 2.34. The van der Waals surface area contributed by atoms with Crippen molar-refractivity contribution in [1.82, 2.24) is 4.98 Å². The summed E-state index contributed by atoms with van der Waals surface area (Å²) in [4.78, 5) is 15.8. The lowest BCUT2D eigenvalue weighted by atomic mass is 10.2. The Hall–Kier alpha value is -2.23. The molecule has 0 radical (unpaired) electrons. The molecule has 4 heteroatoms. The Morgan fingerprint density at radius 2 is 2.12 bits per heavy atom. The number of nitrogens with one attached hydrogen (secondary N) is 1. The highest BCUT2D eigenvalue weighted by Crippen LogP contribution is 2.22. The average molecular weight is 216 g/mol. The van der Waals surface area contributed by atoms with Gasteiger partial charge in [0.2, 0.25) is 0 Å². The number of hydrogen-bond donors (Lipinski definition) is 2. The van der Waals surface area contributed by atoms with Crippen LogP contribution < -0.4 is 4.90 Å². The highest BCUT2D eigenvalue weighted by molar-refractivity contribution is 5.89. The van der Waals surface area contributed by atoms with E-state index in [0.29, 0.717) is 0 Å². The molecule has 0 bridgehead atoms. The van der Waals surface area contributed by atoms with Crippen molar-refractivity contribution in [3.63, 3.8) is 0 Å². The second-order valence-electron chi connectivity index (χ2n) is 3.47. The predicted octanol–water partition coefficient (Wildman–Crippen LogP) is 2.48. The zero-order chi connectivity index (χ0) is 11.5. The van der Waals surface area contributed by atoms with E-state index in [0.717, 1.165) is 11.5 Å². The second kappa shape index (κ2) is 4.10. The first kappa shape index (κ1) is 10.3. The van der Waals surface area contributed by atoms with Crippen LogP contribution in [-0.4, -0.2) is 23.1 Å². The van der Waals surface area contributed by atoms with Crippen LogP contribution in [0.1, 0.15) is 10.4 Å². The van der Waals surface area contributed by atoms with Gasteiger partial charge in [0, 0.05) is 18.9 Å². The van der Waals surface area contributed by atoms with Crippen LogP contribution in [-0.2, 0) is 0 Å². The summed E-state index contributed by atoms with van der Waals surface area (Å²) in [6.07, 6.45) is 1.83. The van der Waals surface area contributed by atoms with E-state index in [1.54, 1.807) is 18.2 Å². The molecule has 0 aliphatic carbocycles. The molecule has 0 fully saturated rings. The Morgan fingerprint density at radius 3 is 2.75 bits per heavy atom. The van der Waals surface area contributed by atoms with E-state index >= 15 is 0 Å². The van der Waals surface area contributed by atoms with Crippen LogP contribution in [0.5, 0.6) is 0 Å². The maximum Gasteiger partial charge on any atom is 0.335 e. The molecule has 2 aromatic rings. The maximum atomic E-state index is 10.8. The molecule has 1 heterocycles. The van der Waals surface area contributed by atoms with Crippen LogP contribution in [0.4, 0.5) is 11.5 Å². The highest BCUT2D eigenvalue weighted by Gasteiger charge is 2.07. The summed E-state index contributed by atoms with van der Waals surface area (Å²) in [5.74, 6) is 0.00396.